The number of piperidine rings is 1. The molecule has 2 aliphatic heterocycles. The molecule has 0 aliphatic carbocycles. The molecule has 29 heavy (non-hydrogen) atoms. The summed E-state index contributed by atoms with van der Waals surface area (Å²) >= 11 is 0. The molecule has 9 nitrogen and oxygen atoms in total. The van der Waals surface area contributed by atoms with E-state index in [1.807, 2.05) is 29.8 Å². The summed E-state index contributed by atoms with van der Waals surface area (Å²) in [5.74, 6) is -0.0223. The van der Waals surface area contributed by atoms with Crippen LogP contribution >= 0.6 is 0 Å². The smallest absolute Gasteiger partial charge is 0.257 e. The molecular weight excluding hydrogens is 372 g/mol. The minimum atomic E-state index is -0.484. The van der Waals surface area contributed by atoms with Crippen molar-refractivity contribution in [1.29, 1.82) is 0 Å². The molecule has 2 aromatic heterocycles. The largest absolute Gasteiger partial charge is 0.375 e. The summed E-state index contributed by atoms with van der Waals surface area (Å²) in [4.78, 5) is 37.5. The van der Waals surface area contributed by atoms with Crippen LogP contribution in [0.5, 0.6) is 0 Å². The summed E-state index contributed by atoms with van der Waals surface area (Å²) in [5, 5.41) is 4.40. The molecule has 0 aromatic carbocycles. The second-order valence-corrected chi connectivity index (χ2v) is 7.77. The fraction of sp³-hybridized carbons (Fsp3) is 0.600. The first-order valence-electron chi connectivity index (χ1n) is 10.2. The van der Waals surface area contributed by atoms with Gasteiger partial charge in [-0.3, -0.25) is 14.3 Å². The Hall–Kier alpha value is -2.68. The van der Waals surface area contributed by atoms with Gasteiger partial charge in [0.05, 0.1) is 28.8 Å². The zero-order chi connectivity index (χ0) is 20.6. The van der Waals surface area contributed by atoms with Crippen molar-refractivity contribution >= 4 is 11.8 Å². The Labute approximate surface area is 170 Å². The maximum absolute atomic E-state index is 13.1. The monoisotopic (exact) mass is 400 g/mol. The van der Waals surface area contributed by atoms with Gasteiger partial charge in [0, 0.05) is 51.6 Å². The quantitative estimate of drug-likeness (QED) is 0.829. The number of likely N-dealkylation sites (tertiary alicyclic amines) is 1. The number of methoxy groups -OCH3 is 1. The summed E-state index contributed by atoms with van der Waals surface area (Å²) in [7, 11) is 1.54. The third-order valence-corrected chi connectivity index (χ3v) is 6.21. The number of aromatic amines is 1. The summed E-state index contributed by atoms with van der Waals surface area (Å²) in [5.41, 5.74) is 2.95. The summed E-state index contributed by atoms with van der Waals surface area (Å²) in [6.45, 7) is 6.43. The van der Waals surface area contributed by atoms with E-state index in [1.54, 1.807) is 11.0 Å². The van der Waals surface area contributed by atoms with Crippen molar-refractivity contribution in [2.75, 3.05) is 33.4 Å². The number of hydrogen-bond donors (Lipinski definition) is 1. The fourth-order valence-electron chi connectivity index (χ4n) is 4.69. The van der Waals surface area contributed by atoms with Gasteiger partial charge in [-0.15, -0.1) is 0 Å². The van der Waals surface area contributed by atoms with E-state index in [0.29, 0.717) is 38.0 Å². The number of H-pyrrole nitrogens is 1. The average Bonchev–Trinajstić information content (AvgIpc) is 3.35. The molecule has 4 heterocycles. The van der Waals surface area contributed by atoms with E-state index in [2.05, 4.69) is 15.1 Å². The Morgan fingerprint density at radius 1 is 1.28 bits per heavy atom. The lowest BCUT2D eigenvalue weighted by Gasteiger charge is -2.50. The average molecular weight is 400 g/mol. The van der Waals surface area contributed by atoms with Crippen LogP contribution in [0.1, 0.15) is 47.2 Å². The number of carbonyl (C=O) groups is 2. The second kappa shape index (κ2) is 7.62. The fourth-order valence-corrected chi connectivity index (χ4v) is 4.69. The van der Waals surface area contributed by atoms with Crippen LogP contribution in [0.15, 0.2) is 12.5 Å². The van der Waals surface area contributed by atoms with Crippen LogP contribution in [-0.4, -0.2) is 74.7 Å². The highest BCUT2D eigenvalue weighted by Gasteiger charge is 2.49. The molecule has 0 unspecified atom stereocenters. The molecule has 0 atom stereocenters. The number of hydrogen-bond acceptors (Lipinski definition) is 5. The van der Waals surface area contributed by atoms with Crippen molar-refractivity contribution in [3.63, 3.8) is 0 Å². The first-order chi connectivity index (χ1) is 14.0. The molecule has 0 radical (unpaired) electrons. The summed E-state index contributed by atoms with van der Waals surface area (Å²) in [6.07, 6.45) is 5.60. The molecule has 0 saturated carbocycles. The van der Waals surface area contributed by atoms with Gasteiger partial charge in [0.1, 0.15) is 6.61 Å². The highest BCUT2D eigenvalue weighted by Crippen LogP contribution is 2.42. The molecule has 1 fully saturated rings. The van der Waals surface area contributed by atoms with Crippen LogP contribution in [0.4, 0.5) is 0 Å². The highest BCUT2D eigenvalue weighted by molar-refractivity contribution is 5.95. The molecule has 1 saturated heterocycles. The zero-order valence-electron chi connectivity index (χ0n) is 17.3. The van der Waals surface area contributed by atoms with E-state index in [4.69, 9.17) is 4.74 Å². The number of aryl methyl sites for hydroxylation is 2. The van der Waals surface area contributed by atoms with Crippen LogP contribution in [0, 0.1) is 6.92 Å². The first kappa shape index (κ1) is 19.6. The Balaban J connectivity index is 1.57. The lowest BCUT2D eigenvalue weighted by molar-refractivity contribution is -0.145. The van der Waals surface area contributed by atoms with Gasteiger partial charge in [0.2, 0.25) is 5.91 Å². The molecular formula is C20H28N6O3. The normalized spacial score (nSPS) is 18.2. The van der Waals surface area contributed by atoms with E-state index >= 15 is 0 Å². The zero-order valence-corrected chi connectivity index (χ0v) is 17.3. The van der Waals surface area contributed by atoms with Crippen molar-refractivity contribution < 1.29 is 14.3 Å². The topological polar surface area (TPSA) is 96.4 Å². The molecule has 9 heteroatoms. The van der Waals surface area contributed by atoms with Crippen LogP contribution in [0.3, 0.4) is 0 Å². The van der Waals surface area contributed by atoms with Crippen LogP contribution < -0.4 is 0 Å². The number of ether oxygens (including phenoxy) is 1. The van der Waals surface area contributed by atoms with Gasteiger partial charge in [0.25, 0.3) is 5.91 Å². The number of carbonyl (C=O) groups excluding carboxylic acids is 2. The predicted octanol–water partition coefficient (Wildman–Crippen LogP) is 1.10. The van der Waals surface area contributed by atoms with Gasteiger partial charge >= 0.3 is 0 Å². The van der Waals surface area contributed by atoms with Crippen LogP contribution in [0.2, 0.25) is 0 Å². The number of nitrogens with zero attached hydrogens (tertiary/aromatic N) is 5. The summed E-state index contributed by atoms with van der Waals surface area (Å²) < 4.78 is 6.90. The lowest BCUT2D eigenvalue weighted by Crippen LogP contribution is -2.59. The van der Waals surface area contributed by atoms with Crippen molar-refractivity contribution in [3.05, 3.63) is 35.2 Å². The predicted molar refractivity (Wildman–Crippen MR) is 105 cm³/mol. The van der Waals surface area contributed by atoms with E-state index in [9.17, 15) is 9.59 Å². The molecule has 1 spiro atoms. The number of aromatic nitrogens is 4. The van der Waals surface area contributed by atoms with Crippen molar-refractivity contribution in [2.24, 2.45) is 0 Å². The Morgan fingerprint density at radius 2 is 2.03 bits per heavy atom. The van der Waals surface area contributed by atoms with Gasteiger partial charge in [-0.25, -0.2) is 4.98 Å². The lowest BCUT2D eigenvalue weighted by atomic mass is 9.78. The van der Waals surface area contributed by atoms with E-state index in [-0.39, 0.29) is 18.4 Å². The van der Waals surface area contributed by atoms with Gasteiger partial charge in [-0.2, -0.15) is 5.10 Å². The maximum atomic E-state index is 13.1. The van der Waals surface area contributed by atoms with Gasteiger partial charge in [0.15, 0.2) is 0 Å². The Bertz CT molecular complexity index is 909. The van der Waals surface area contributed by atoms with E-state index in [0.717, 1.165) is 30.0 Å². The van der Waals surface area contributed by atoms with E-state index in [1.165, 1.54) is 7.11 Å². The molecule has 156 valence electrons. The number of amides is 2. The molecule has 1 N–H and O–H groups in total. The van der Waals surface area contributed by atoms with Gasteiger partial charge < -0.3 is 19.5 Å². The maximum Gasteiger partial charge on any atom is 0.257 e. The minimum absolute atomic E-state index is 0.00452. The first-order valence-corrected chi connectivity index (χ1v) is 10.2. The minimum Gasteiger partial charge on any atom is -0.375 e. The highest BCUT2D eigenvalue weighted by atomic mass is 16.5. The number of fused-ring (bicyclic) bond motifs is 2. The second-order valence-electron chi connectivity index (χ2n) is 7.77. The third kappa shape index (κ3) is 3.23. The molecule has 2 amide bonds. The van der Waals surface area contributed by atoms with Gasteiger partial charge in [-0.05, 0) is 26.7 Å². The van der Waals surface area contributed by atoms with Crippen molar-refractivity contribution in [1.82, 2.24) is 29.5 Å². The molecule has 2 aromatic rings. The summed E-state index contributed by atoms with van der Waals surface area (Å²) in [6, 6.07) is 0. The molecule has 2 aliphatic rings. The number of imidazole rings is 1. The number of nitrogens with one attached hydrogen (secondary N) is 1. The van der Waals surface area contributed by atoms with Crippen LogP contribution in [0.25, 0.3) is 0 Å². The SMILES string of the molecule is CCn1cc(C(=O)N2CCC3(CC2)c2nc[nH]c2CCN3C(=O)COC)c(C)n1. The van der Waals surface area contributed by atoms with Crippen LogP contribution in [-0.2, 0) is 28.0 Å². The standard InChI is InChI=1S/C20H28N6O3/c1-4-25-11-15(14(2)23-25)19(28)24-9-6-20(7-10-24)18-16(21-13-22-18)5-8-26(20)17(27)12-29-3/h11,13H,4-10,12H2,1-3H3,(H,21,22). The molecule has 0 bridgehead atoms. The van der Waals surface area contributed by atoms with Gasteiger partial charge in [-0.1, -0.05) is 0 Å². The van der Waals surface area contributed by atoms with Crippen molar-refractivity contribution in [3.8, 4) is 0 Å². The Morgan fingerprint density at radius 3 is 2.69 bits per heavy atom. The van der Waals surface area contributed by atoms with E-state index < -0.39 is 5.54 Å². The Kier molecular flexibility index (Phi) is 5.16. The molecule has 4 rings (SSSR count). The van der Waals surface area contributed by atoms with Crippen molar-refractivity contribution in [2.45, 2.75) is 45.2 Å². The third-order valence-electron chi connectivity index (χ3n) is 6.21. The number of rotatable bonds is 4.